The first kappa shape index (κ1) is 24.7. The summed E-state index contributed by atoms with van der Waals surface area (Å²) in [7, 11) is 1.61. The van der Waals surface area contributed by atoms with Gasteiger partial charge in [-0.1, -0.05) is 18.9 Å². The third kappa shape index (κ3) is 5.62. The van der Waals surface area contributed by atoms with Crippen molar-refractivity contribution in [1.82, 2.24) is 9.80 Å². The molecule has 186 valence electrons. The van der Waals surface area contributed by atoms with Crippen LogP contribution in [-0.4, -0.2) is 65.9 Å². The third-order valence-electron chi connectivity index (χ3n) is 7.12. The first-order chi connectivity index (χ1) is 16.9. The summed E-state index contributed by atoms with van der Waals surface area (Å²) in [6.45, 7) is 3.76. The minimum atomic E-state index is -0.461. The highest BCUT2D eigenvalue weighted by Crippen LogP contribution is 2.32. The lowest BCUT2D eigenvalue weighted by atomic mass is 9.94. The van der Waals surface area contributed by atoms with E-state index in [0.29, 0.717) is 37.3 Å². The van der Waals surface area contributed by atoms with Crippen LogP contribution in [-0.2, 0) is 4.79 Å². The first-order valence-corrected chi connectivity index (χ1v) is 12.1. The molecule has 0 bridgehead atoms. The summed E-state index contributed by atoms with van der Waals surface area (Å²) < 4.78 is 5.20. The first-order valence-electron chi connectivity index (χ1n) is 12.1. The van der Waals surface area contributed by atoms with Crippen molar-refractivity contribution in [3.63, 3.8) is 0 Å². The van der Waals surface area contributed by atoms with Crippen LogP contribution in [0.4, 0.5) is 11.4 Å². The lowest BCUT2D eigenvalue weighted by Crippen LogP contribution is -2.56. The summed E-state index contributed by atoms with van der Waals surface area (Å²) in [6, 6.07) is 11.7. The number of nitro benzene ring substituents is 1. The predicted molar refractivity (Wildman–Crippen MR) is 133 cm³/mol. The largest absolute Gasteiger partial charge is 0.497 e. The quantitative estimate of drug-likeness (QED) is 0.477. The number of nitro groups is 1. The van der Waals surface area contributed by atoms with Gasteiger partial charge in [0.15, 0.2) is 0 Å². The number of rotatable bonds is 7. The molecule has 4 rings (SSSR count). The Balaban J connectivity index is 1.43. The van der Waals surface area contributed by atoms with Crippen LogP contribution < -0.4 is 10.1 Å². The van der Waals surface area contributed by atoms with E-state index < -0.39 is 4.92 Å². The van der Waals surface area contributed by atoms with Crippen molar-refractivity contribution in [2.45, 2.75) is 38.6 Å². The fraction of sp³-hybridized carbons (Fsp3) is 0.462. The molecule has 1 aliphatic heterocycles. The average molecular weight is 481 g/mol. The van der Waals surface area contributed by atoms with Gasteiger partial charge in [-0.25, -0.2) is 0 Å². The Hall–Kier alpha value is -3.46. The summed E-state index contributed by atoms with van der Waals surface area (Å²) in [4.78, 5) is 41.2. The van der Waals surface area contributed by atoms with Crippen LogP contribution in [0.1, 0.15) is 41.6 Å². The van der Waals surface area contributed by atoms with Crippen molar-refractivity contribution >= 4 is 23.2 Å². The number of carbonyl (C=O) groups is 2. The number of methoxy groups -OCH3 is 1. The number of carbonyl (C=O) groups excluding carboxylic acids is 2. The number of aryl methyl sites for hydroxylation is 1. The molecule has 2 aromatic carbocycles. The van der Waals surface area contributed by atoms with E-state index in [-0.39, 0.29) is 29.5 Å². The van der Waals surface area contributed by atoms with Gasteiger partial charge in [0.25, 0.3) is 11.6 Å². The third-order valence-corrected chi connectivity index (χ3v) is 7.12. The number of hydrogen-bond acceptors (Lipinski definition) is 6. The zero-order valence-electron chi connectivity index (χ0n) is 20.2. The van der Waals surface area contributed by atoms with E-state index in [4.69, 9.17) is 4.74 Å². The Kier molecular flexibility index (Phi) is 7.65. The second-order valence-corrected chi connectivity index (χ2v) is 9.29. The SMILES string of the molecule is COc1ccc(NC(=O)[C@H](C2CCCC2)N2CCN(C(=O)c3ccc(C)c([N+](=O)[O-])c3)CC2)cc1. The van der Waals surface area contributed by atoms with E-state index in [0.717, 1.165) is 37.1 Å². The maximum atomic E-state index is 13.4. The Morgan fingerprint density at radius 2 is 1.71 bits per heavy atom. The minimum absolute atomic E-state index is 0.0176. The number of benzene rings is 2. The molecule has 0 spiro atoms. The van der Waals surface area contributed by atoms with Gasteiger partial charge in [-0.15, -0.1) is 0 Å². The molecule has 2 aliphatic rings. The van der Waals surface area contributed by atoms with Crippen LogP contribution in [0.5, 0.6) is 5.75 Å². The van der Waals surface area contributed by atoms with Gasteiger partial charge in [0.05, 0.1) is 18.1 Å². The van der Waals surface area contributed by atoms with Gasteiger partial charge < -0.3 is 15.0 Å². The average Bonchev–Trinajstić information content (AvgIpc) is 3.39. The zero-order valence-corrected chi connectivity index (χ0v) is 20.2. The van der Waals surface area contributed by atoms with Crippen molar-refractivity contribution in [3.8, 4) is 5.75 Å². The Labute approximate surface area is 205 Å². The number of ether oxygens (including phenoxy) is 1. The molecule has 1 N–H and O–H groups in total. The molecule has 35 heavy (non-hydrogen) atoms. The van der Waals surface area contributed by atoms with E-state index in [1.165, 1.54) is 6.07 Å². The molecule has 2 fully saturated rings. The van der Waals surface area contributed by atoms with E-state index in [9.17, 15) is 19.7 Å². The highest BCUT2D eigenvalue weighted by molar-refractivity contribution is 5.96. The topological polar surface area (TPSA) is 105 Å². The minimum Gasteiger partial charge on any atom is -0.497 e. The summed E-state index contributed by atoms with van der Waals surface area (Å²) in [5.74, 6) is 0.786. The summed E-state index contributed by atoms with van der Waals surface area (Å²) in [5, 5.41) is 14.3. The maximum Gasteiger partial charge on any atom is 0.273 e. The van der Waals surface area contributed by atoms with Crippen LogP contribution in [0.2, 0.25) is 0 Å². The molecule has 1 aliphatic carbocycles. The number of nitrogens with one attached hydrogen (secondary N) is 1. The second-order valence-electron chi connectivity index (χ2n) is 9.29. The van der Waals surface area contributed by atoms with Gasteiger partial charge in [-0.3, -0.25) is 24.6 Å². The van der Waals surface area contributed by atoms with Gasteiger partial charge in [0.2, 0.25) is 5.91 Å². The molecule has 0 radical (unpaired) electrons. The number of hydrogen-bond donors (Lipinski definition) is 1. The molecule has 9 nitrogen and oxygen atoms in total. The number of amides is 2. The van der Waals surface area contributed by atoms with Gasteiger partial charge in [-0.05, 0) is 56.0 Å². The summed E-state index contributed by atoms with van der Waals surface area (Å²) >= 11 is 0. The lowest BCUT2D eigenvalue weighted by molar-refractivity contribution is -0.385. The fourth-order valence-corrected chi connectivity index (χ4v) is 5.17. The molecule has 0 aromatic heterocycles. The monoisotopic (exact) mass is 480 g/mol. The molecule has 1 atom stereocenters. The molecular formula is C26H32N4O5. The van der Waals surface area contributed by atoms with Gasteiger partial charge in [0.1, 0.15) is 5.75 Å². The number of nitrogens with zero attached hydrogens (tertiary/aromatic N) is 3. The maximum absolute atomic E-state index is 13.4. The molecular weight excluding hydrogens is 448 g/mol. The van der Waals surface area contributed by atoms with Crippen molar-refractivity contribution < 1.29 is 19.2 Å². The number of piperazine rings is 1. The smallest absolute Gasteiger partial charge is 0.273 e. The van der Waals surface area contributed by atoms with Crippen LogP contribution in [0.25, 0.3) is 0 Å². The van der Waals surface area contributed by atoms with Gasteiger partial charge in [-0.2, -0.15) is 0 Å². The standard InChI is InChI=1S/C26H32N4O5/c1-18-7-8-20(17-23(18)30(33)34)26(32)29-15-13-28(14-16-29)24(19-5-3-4-6-19)25(31)27-21-9-11-22(35-2)12-10-21/h7-12,17,19,24H,3-6,13-16H2,1-2H3,(H,27,31)/t24-/m0/s1. The zero-order chi connectivity index (χ0) is 24.9. The molecule has 1 heterocycles. The number of anilines is 1. The van der Waals surface area contributed by atoms with Crippen molar-refractivity contribution in [2.75, 3.05) is 38.6 Å². The van der Waals surface area contributed by atoms with E-state index in [2.05, 4.69) is 10.2 Å². The van der Waals surface area contributed by atoms with Gasteiger partial charge >= 0.3 is 0 Å². The second kappa shape index (κ2) is 10.9. The molecule has 1 saturated carbocycles. The molecule has 9 heteroatoms. The molecule has 1 saturated heterocycles. The lowest BCUT2D eigenvalue weighted by Gasteiger charge is -2.40. The molecule has 2 amide bonds. The van der Waals surface area contributed by atoms with Crippen molar-refractivity contribution in [1.29, 1.82) is 0 Å². The van der Waals surface area contributed by atoms with E-state index in [1.54, 1.807) is 31.1 Å². The van der Waals surface area contributed by atoms with Crippen LogP contribution in [0.15, 0.2) is 42.5 Å². The summed E-state index contributed by atoms with van der Waals surface area (Å²) in [5.41, 5.74) is 1.53. The van der Waals surface area contributed by atoms with Crippen LogP contribution >= 0.6 is 0 Å². The fourth-order valence-electron chi connectivity index (χ4n) is 5.17. The van der Waals surface area contributed by atoms with E-state index in [1.807, 2.05) is 24.3 Å². The Morgan fingerprint density at radius 3 is 2.31 bits per heavy atom. The Bertz CT molecular complexity index is 1070. The highest BCUT2D eigenvalue weighted by atomic mass is 16.6. The van der Waals surface area contributed by atoms with Crippen molar-refractivity contribution in [3.05, 3.63) is 63.7 Å². The van der Waals surface area contributed by atoms with E-state index >= 15 is 0 Å². The highest BCUT2D eigenvalue weighted by Gasteiger charge is 2.37. The summed E-state index contributed by atoms with van der Waals surface area (Å²) in [6.07, 6.45) is 4.29. The predicted octanol–water partition coefficient (Wildman–Crippen LogP) is 3.87. The molecule has 2 aromatic rings. The molecule has 0 unspecified atom stereocenters. The normalized spacial score (nSPS) is 17.7. The van der Waals surface area contributed by atoms with Crippen molar-refractivity contribution in [2.24, 2.45) is 5.92 Å². The van der Waals surface area contributed by atoms with Crippen LogP contribution in [0, 0.1) is 23.0 Å². The van der Waals surface area contributed by atoms with Gasteiger partial charge in [0, 0.05) is 49.1 Å². The van der Waals surface area contributed by atoms with Crippen LogP contribution in [0.3, 0.4) is 0 Å². The Morgan fingerprint density at radius 1 is 1.06 bits per heavy atom.